The molecule has 1 saturated heterocycles. The molecule has 0 saturated carbocycles. The number of aromatic nitrogens is 1. The molecule has 1 aliphatic rings. The molecule has 2 N–H and O–H groups in total. The number of rotatable bonds is 2. The highest BCUT2D eigenvalue weighted by atomic mass is 35.5. The summed E-state index contributed by atoms with van der Waals surface area (Å²) in [5.74, 6) is -1.15. The zero-order valence-electron chi connectivity index (χ0n) is 7.94. The zero-order chi connectivity index (χ0) is 10.8. The molecule has 0 aliphatic carbocycles. The van der Waals surface area contributed by atoms with Gasteiger partial charge in [-0.25, -0.2) is 4.98 Å². The van der Waals surface area contributed by atoms with Gasteiger partial charge in [-0.15, -0.1) is 11.3 Å². The molecule has 2 heterocycles. The van der Waals surface area contributed by atoms with Crippen LogP contribution in [0, 0.1) is 5.92 Å². The van der Waals surface area contributed by atoms with Crippen LogP contribution in [0.3, 0.4) is 0 Å². The minimum atomic E-state index is -0.765. The molecule has 1 fully saturated rings. The number of hydrogen-bond donors (Lipinski definition) is 2. The Balaban J connectivity index is 2.21. The minimum Gasteiger partial charge on any atom is -0.481 e. The normalized spacial score (nSPS) is 26.5. The molecule has 1 aromatic heterocycles. The monoisotopic (exact) mass is 246 g/mol. The van der Waals surface area contributed by atoms with Crippen LogP contribution in [0.5, 0.6) is 0 Å². The average molecular weight is 247 g/mol. The Morgan fingerprint density at radius 2 is 2.53 bits per heavy atom. The Morgan fingerprint density at radius 1 is 1.73 bits per heavy atom. The fourth-order valence-corrected chi connectivity index (χ4v) is 3.00. The molecule has 0 bridgehead atoms. The van der Waals surface area contributed by atoms with Crippen LogP contribution in [0.15, 0.2) is 5.38 Å². The van der Waals surface area contributed by atoms with Crippen molar-refractivity contribution in [2.75, 3.05) is 13.1 Å². The summed E-state index contributed by atoms with van der Waals surface area (Å²) in [5.41, 5.74) is 0. The van der Waals surface area contributed by atoms with Crippen molar-refractivity contribution < 1.29 is 9.90 Å². The Labute approximate surface area is 96.3 Å². The molecule has 1 aromatic rings. The van der Waals surface area contributed by atoms with E-state index in [0.29, 0.717) is 11.7 Å². The first-order valence-electron chi connectivity index (χ1n) is 4.73. The van der Waals surface area contributed by atoms with Crippen LogP contribution in [-0.4, -0.2) is 29.1 Å². The van der Waals surface area contributed by atoms with Gasteiger partial charge in [-0.3, -0.25) is 4.79 Å². The van der Waals surface area contributed by atoms with Crippen molar-refractivity contribution >= 4 is 28.9 Å². The van der Waals surface area contributed by atoms with E-state index in [1.54, 1.807) is 5.38 Å². The van der Waals surface area contributed by atoms with E-state index in [9.17, 15) is 4.79 Å². The number of carboxylic acid groups (broad SMARTS) is 1. The minimum absolute atomic E-state index is 0.00116. The van der Waals surface area contributed by atoms with Gasteiger partial charge in [0.25, 0.3) is 0 Å². The SMILES string of the molecule is O=C(O)C1CNCCC1c1nc(Cl)cs1. The van der Waals surface area contributed by atoms with Crippen molar-refractivity contribution in [3.05, 3.63) is 15.5 Å². The largest absolute Gasteiger partial charge is 0.481 e. The lowest BCUT2D eigenvalue weighted by Gasteiger charge is -2.27. The van der Waals surface area contributed by atoms with Crippen LogP contribution >= 0.6 is 22.9 Å². The van der Waals surface area contributed by atoms with Gasteiger partial charge in [0.05, 0.1) is 10.9 Å². The summed E-state index contributed by atoms with van der Waals surface area (Å²) in [7, 11) is 0. The topological polar surface area (TPSA) is 62.2 Å². The highest BCUT2D eigenvalue weighted by molar-refractivity contribution is 7.10. The molecule has 4 nitrogen and oxygen atoms in total. The number of hydrogen-bond acceptors (Lipinski definition) is 4. The van der Waals surface area contributed by atoms with Gasteiger partial charge in [0.2, 0.25) is 0 Å². The van der Waals surface area contributed by atoms with Crippen LogP contribution in [0.25, 0.3) is 0 Å². The van der Waals surface area contributed by atoms with E-state index in [1.807, 2.05) is 0 Å². The Morgan fingerprint density at radius 3 is 3.13 bits per heavy atom. The average Bonchev–Trinajstić information content (AvgIpc) is 2.65. The fraction of sp³-hybridized carbons (Fsp3) is 0.556. The fourth-order valence-electron chi connectivity index (χ4n) is 1.85. The van der Waals surface area contributed by atoms with E-state index in [-0.39, 0.29) is 11.8 Å². The summed E-state index contributed by atoms with van der Waals surface area (Å²) in [4.78, 5) is 15.2. The Kier molecular flexibility index (Phi) is 3.23. The number of carboxylic acids is 1. The molecule has 2 atom stereocenters. The second-order valence-electron chi connectivity index (χ2n) is 3.55. The third kappa shape index (κ3) is 2.30. The van der Waals surface area contributed by atoms with E-state index in [1.165, 1.54) is 11.3 Å². The molecule has 6 heteroatoms. The van der Waals surface area contributed by atoms with Gasteiger partial charge in [0, 0.05) is 17.8 Å². The number of carbonyl (C=O) groups is 1. The Bertz CT molecular complexity index is 369. The molecular weight excluding hydrogens is 236 g/mol. The van der Waals surface area contributed by atoms with Gasteiger partial charge in [-0.2, -0.15) is 0 Å². The summed E-state index contributed by atoms with van der Waals surface area (Å²) < 4.78 is 0. The molecular formula is C9H11ClN2O2S. The lowest BCUT2D eigenvalue weighted by molar-refractivity contribution is -0.142. The smallest absolute Gasteiger partial charge is 0.308 e. The molecule has 2 unspecified atom stereocenters. The first kappa shape index (κ1) is 10.9. The van der Waals surface area contributed by atoms with Crippen molar-refractivity contribution in [2.24, 2.45) is 5.92 Å². The summed E-state index contributed by atoms with van der Waals surface area (Å²) in [6, 6.07) is 0. The van der Waals surface area contributed by atoms with Gasteiger partial charge in [0.1, 0.15) is 5.15 Å². The van der Waals surface area contributed by atoms with Gasteiger partial charge in [0.15, 0.2) is 0 Å². The van der Waals surface area contributed by atoms with E-state index in [4.69, 9.17) is 16.7 Å². The second kappa shape index (κ2) is 4.47. The summed E-state index contributed by atoms with van der Waals surface area (Å²) in [5, 5.41) is 15.2. The third-order valence-electron chi connectivity index (χ3n) is 2.61. The highest BCUT2D eigenvalue weighted by Crippen LogP contribution is 2.33. The maximum Gasteiger partial charge on any atom is 0.308 e. The van der Waals surface area contributed by atoms with Gasteiger partial charge in [-0.1, -0.05) is 11.6 Å². The molecule has 0 aromatic carbocycles. The number of thiazole rings is 1. The molecule has 1 aliphatic heterocycles. The van der Waals surface area contributed by atoms with Crippen molar-refractivity contribution in [1.29, 1.82) is 0 Å². The lowest BCUT2D eigenvalue weighted by Crippen LogP contribution is -2.39. The first-order chi connectivity index (χ1) is 7.18. The van der Waals surface area contributed by atoms with Crippen molar-refractivity contribution in [1.82, 2.24) is 10.3 Å². The van der Waals surface area contributed by atoms with E-state index in [2.05, 4.69) is 10.3 Å². The predicted octanol–water partition coefficient (Wildman–Crippen LogP) is 1.57. The predicted molar refractivity (Wildman–Crippen MR) is 58.5 cm³/mol. The van der Waals surface area contributed by atoms with Crippen LogP contribution in [0.2, 0.25) is 5.15 Å². The molecule has 0 radical (unpaired) electrons. The van der Waals surface area contributed by atoms with E-state index >= 15 is 0 Å². The molecule has 82 valence electrons. The summed E-state index contributed by atoms with van der Waals surface area (Å²) >= 11 is 7.19. The van der Waals surface area contributed by atoms with Crippen LogP contribution in [-0.2, 0) is 4.79 Å². The van der Waals surface area contributed by atoms with E-state index < -0.39 is 5.97 Å². The Hall–Kier alpha value is -0.650. The number of aliphatic carboxylic acids is 1. The molecule has 0 spiro atoms. The number of nitrogens with zero attached hydrogens (tertiary/aromatic N) is 1. The van der Waals surface area contributed by atoms with Crippen LogP contribution in [0.4, 0.5) is 0 Å². The maximum atomic E-state index is 11.0. The quantitative estimate of drug-likeness (QED) is 0.832. The first-order valence-corrected chi connectivity index (χ1v) is 5.98. The number of piperidine rings is 1. The summed E-state index contributed by atoms with van der Waals surface area (Å²) in [6.45, 7) is 1.35. The highest BCUT2D eigenvalue weighted by Gasteiger charge is 2.33. The van der Waals surface area contributed by atoms with E-state index in [0.717, 1.165) is 18.0 Å². The van der Waals surface area contributed by atoms with Crippen molar-refractivity contribution in [3.8, 4) is 0 Å². The maximum absolute atomic E-state index is 11.0. The van der Waals surface area contributed by atoms with Gasteiger partial charge >= 0.3 is 5.97 Å². The van der Waals surface area contributed by atoms with Crippen molar-refractivity contribution in [3.63, 3.8) is 0 Å². The lowest BCUT2D eigenvalue weighted by atomic mass is 9.87. The van der Waals surface area contributed by atoms with Crippen molar-refractivity contribution in [2.45, 2.75) is 12.3 Å². The number of halogens is 1. The number of nitrogens with one attached hydrogen (secondary N) is 1. The second-order valence-corrected chi connectivity index (χ2v) is 4.83. The molecule has 0 amide bonds. The zero-order valence-corrected chi connectivity index (χ0v) is 9.51. The van der Waals surface area contributed by atoms with Crippen LogP contribution < -0.4 is 5.32 Å². The molecule has 15 heavy (non-hydrogen) atoms. The molecule has 2 rings (SSSR count). The van der Waals surface area contributed by atoms with Gasteiger partial charge in [-0.05, 0) is 13.0 Å². The van der Waals surface area contributed by atoms with Gasteiger partial charge < -0.3 is 10.4 Å². The standard InChI is InChI=1S/C9H11ClN2O2S/c10-7-4-15-8(12-7)5-1-2-11-3-6(5)9(13)14/h4-6,11H,1-3H2,(H,13,14). The summed E-state index contributed by atoms with van der Waals surface area (Å²) in [6.07, 6.45) is 0.806. The van der Waals surface area contributed by atoms with Crippen LogP contribution in [0.1, 0.15) is 17.3 Å². The third-order valence-corrected chi connectivity index (χ3v) is 3.91.